The quantitative estimate of drug-likeness (QED) is 0.490. The summed E-state index contributed by atoms with van der Waals surface area (Å²) in [6.45, 7) is -0.160. The van der Waals surface area contributed by atoms with Crippen molar-refractivity contribution < 1.29 is 23.8 Å². The molecular formula is C19H20F2N6O3. The molecule has 0 aliphatic heterocycles. The number of amides is 1. The molecule has 1 saturated carbocycles. The van der Waals surface area contributed by atoms with Gasteiger partial charge in [0.2, 0.25) is 0 Å². The Labute approximate surface area is 169 Å². The van der Waals surface area contributed by atoms with Gasteiger partial charge in [0.25, 0.3) is 5.91 Å². The van der Waals surface area contributed by atoms with E-state index in [1.54, 1.807) is 0 Å². The summed E-state index contributed by atoms with van der Waals surface area (Å²) in [5, 5.41) is 29.9. The average Bonchev–Trinajstić information content (AvgIpc) is 3.30. The Hall–Kier alpha value is -3.18. The van der Waals surface area contributed by atoms with E-state index in [9.17, 15) is 23.8 Å². The zero-order valence-electron chi connectivity index (χ0n) is 16.0. The van der Waals surface area contributed by atoms with Gasteiger partial charge in [0.05, 0.1) is 23.6 Å². The summed E-state index contributed by atoms with van der Waals surface area (Å²) in [7, 11) is 1.45. The first-order valence-corrected chi connectivity index (χ1v) is 9.37. The number of hydrogen-bond acceptors (Lipinski definition) is 7. The van der Waals surface area contributed by atoms with Crippen molar-refractivity contribution in [1.29, 1.82) is 0 Å². The summed E-state index contributed by atoms with van der Waals surface area (Å²) < 4.78 is 27.4. The highest BCUT2D eigenvalue weighted by molar-refractivity contribution is 6.07. The average molecular weight is 418 g/mol. The molecule has 4 rings (SSSR count). The lowest BCUT2D eigenvalue weighted by Crippen LogP contribution is -2.34. The number of carbonyl (C=O) groups excluding carboxylic acids is 1. The summed E-state index contributed by atoms with van der Waals surface area (Å²) in [5.74, 6) is -2.24. The Morgan fingerprint density at radius 2 is 2.10 bits per heavy atom. The molecule has 0 saturated heterocycles. The fourth-order valence-electron chi connectivity index (χ4n) is 3.60. The first kappa shape index (κ1) is 20.1. The summed E-state index contributed by atoms with van der Waals surface area (Å²) >= 11 is 0. The van der Waals surface area contributed by atoms with Crippen LogP contribution in [0, 0.1) is 11.6 Å². The lowest BCUT2D eigenvalue weighted by Gasteiger charge is -2.20. The number of benzene rings is 1. The van der Waals surface area contributed by atoms with Crippen LogP contribution in [0.25, 0.3) is 11.0 Å². The second kappa shape index (κ2) is 7.92. The van der Waals surface area contributed by atoms with E-state index >= 15 is 0 Å². The SMILES string of the molecule is CN(Cc1cccc(F)c1F)C(=O)c1[nH]nc2ncnc(N[C@@H]3CC[C@@H](O)[C@H]3O)c12. The minimum absolute atomic E-state index is 0.0346. The molecule has 0 radical (unpaired) electrons. The number of aliphatic hydroxyl groups excluding tert-OH is 2. The van der Waals surface area contributed by atoms with Crippen molar-refractivity contribution >= 4 is 22.8 Å². The van der Waals surface area contributed by atoms with Crippen molar-refractivity contribution in [2.45, 2.75) is 37.6 Å². The molecule has 0 spiro atoms. The minimum atomic E-state index is -1.01. The third-order valence-corrected chi connectivity index (χ3v) is 5.25. The van der Waals surface area contributed by atoms with Gasteiger partial charge in [0.15, 0.2) is 17.3 Å². The third kappa shape index (κ3) is 3.57. The monoisotopic (exact) mass is 418 g/mol. The third-order valence-electron chi connectivity index (χ3n) is 5.25. The molecule has 1 fully saturated rings. The number of anilines is 1. The fourth-order valence-corrected chi connectivity index (χ4v) is 3.60. The molecule has 4 N–H and O–H groups in total. The number of nitrogens with zero attached hydrogens (tertiary/aromatic N) is 4. The van der Waals surface area contributed by atoms with Gasteiger partial charge < -0.3 is 20.4 Å². The van der Waals surface area contributed by atoms with E-state index in [1.165, 1.54) is 30.4 Å². The molecule has 0 unspecified atom stereocenters. The zero-order valence-corrected chi connectivity index (χ0v) is 16.0. The van der Waals surface area contributed by atoms with Gasteiger partial charge in [-0.05, 0) is 18.9 Å². The van der Waals surface area contributed by atoms with Gasteiger partial charge >= 0.3 is 0 Å². The Morgan fingerprint density at radius 3 is 2.83 bits per heavy atom. The molecule has 1 aromatic carbocycles. The van der Waals surface area contributed by atoms with Crippen LogP contribution >= 0.6 is 0 Å². The number of fused-ring (bicyclic) bond motifs is 1. The fraction of sp³-hybridized carbons (Fsp3) is 0.368. The van der Waals surface area contributed by atoms with Crippen LogP contribution in [0.1, 0.15) is 28.9 Å². The lowest BCUT2D eigenvalue weighted by atomic mass is 10.1. The molecule has 1 amide bonds. The maximum absolute atomic E-state index is 14.0. The van der Waals surface area contributed by atoms with Crippen LogP contribution in [0.2, 0.25) is 0 Å². The summed E-state index contributed by atoms with van der Waals surface area (Å²) in [4.78, 5) is 22.4. The van der Waals surface area contributed by atoms with Crippen molar-refractivity contribution in [1.82, 2.24) is 25.1 Å². The van der Waals surface area contributed by atoms with Crippen LogP contribution in [0.3, 0.4) is 0 Å². The first-order valence-electron chi connectivity index (χ1n) is 9.37. The van der Waals surface area contributed by atoms with E-state index < -0.39 is 35.8 Å². The molecular weight excluding hydrogens is 398 g/mol. The molecule has 0 bridgehead atoms. The Morgan fingerprint density at radius 1 is 1.30 bits per heavy atom. The van der Waals surface area contributed by atoms with Gasteiger partial charge in [-0.2, -0.15) is 5.10 Å². The Bertz CT molecular complexity index is 1090. The number of hydrogen-bond donors (Lipinski definition) is 4. The molecule has 2 heterocycles. The normalized spacial score (nSPS) is 21.2. The first-order chi connectivity index (χ1) is 14.4. The van der Waals surface area contributed by atoms with Crippen LogP contribution < -0.4 is 5.32 Å². The molecule has 1 aliphatic rings. The molecule has 9 nitrogen and oxygen atoms in total. The highest BCUT2D eigenvalue weighted by atomic mass is 19.2. The maximum Gasteiger partial charge on any atom is 0.272 e. The van der Waals surface area contributed by atoms with Gasteiger partial charge in [-0.25, -0.2) is 18.7 Å². The van der Waals surface area contributed by atoms with Gasteiger partial charge in [-0.3, -0.25) is 9.89 Å². The van der Waals surface area contributed by atoms with Crippen molar-refractivity contribution in [3.8, 4) is 0 Å². The van der Waals surface area contributed by atoms with E-state index in [2.05, 4.69) is 25.5 Å². The Kier molecular flexibility index (Phi) is 5.31. The van der Waals surface area contributed by atoms with Crippen LogP contribution in [0.5, 0.6) is 0 Å². The predicted molar refractivity (Wildman–Crippen MR) is 102 cm³/mol. The molecule has 3 aromatic rings. The lowest BCUT2D eigenvalue weighted by molar-refractivity contribution is 0.0392. The second-order valence-electron chi connectivity index (χ2n) is 7.28. The number of H-pyrrole nitrogens is 1. The van der Waals surface area contributed by atoms with Crippen LogP contribution in [0.15, 0.2) is 24.5 Å². The number of halogens is 2. The van der Waals surface area contributed by atoms with Crippen molar-refractivity contribution in [2.24, 2.45) is 0 Å². The second-order valence-corrected chi connectivity index (χ2v) is 7.28. The van der Waals surface area contributed by atoms with Crippen LogP contribution in [-0.2, 0) is 6.54 Å². The van der Waals surface area contributed by atoms with Crippen molar-refractivity contribution in [3.63, 3.8) is 0 Å². The van der Waals surface area contributed by atoms with E-state index in [-0.39, 0.29) is 29.3 Å². The highest BCUT2D eigenvalue weighted by Gasteiger charge is 2.34. The Balaban J connectivity index is 1.62. The van der Waals surface area contributed by atoms with E-state index in [1.807, 2.05) is 0 Å². The summed E-state index contributed by atoms with van der Waals surface area (Å²) in [5.41, 5.74) is 0.335. The van der Waals surface area contributed by atoms with E-state index in [0.29, 0.717) is 18.2 Å². The number of carbonyl (C=O) groups is 1. The van der Waals surface area contributed by atoms with Crippen LogP contribution in [0.4, 0.5) is 14.6 Å². The topological polar surface area (TPSA) is 127 Å². The predicted octanol–water partition coefficient (Wildman–Crippen LogP) is 1.20. The van der Waals surface area contributed by atoms with Crippen LogP contribution in [-0.4, -0.2) is 66.5 Å². The number of rotatable bonds is 5. The zero-order chi connectivity index (χ0) is 21.4. The van der Waals surface area contributed by atoms with E-state index in [0.717, 1.165) is 6.07 Å². The van der Waals surface area contributed by atoms with Gasteiger partial charge in [0, 0.05) is 19.2 Å². The molecule has 11 heteroatoms. The standard InChI is InChI=1S/C19H20F2N6O3/c1-27(7-9-3-2-4-10(20)14(9)21)19(30)15-13-17(22-8-23-18(13)26-25-15)24-11-5-6-12(28)16(11)29/h2-4,8,11-12,16,28-29H,5-7H2,1H3,(H2,22,23,24,25,26)/t11-,12-,16+/m1/s1. The van der Waals surface area contributed by atoms with E-state index in [4.69, 9.17) is 0 Å². The molecule has 2 aromatic heterocycles. The smallest absolute Gasteiger partial charge is 0.272 e. The molecule has 3 atom stereocenters. The molecule has 1 aliphatic carbocycles. The number of nitrogens with one attached hydrogen (secondary N) is 2. The van der Waals surface area contributed by atoms with Gasteiger partial charge in [-0.1, -0.05) is 12.1 Å². The minimum Gasteiger partial charge on any atom is -0.390 e. The van der Waals surface area contributed by atoms with Gasteiger partial charge in [0.1, 0.15) is 17.8 Å². The molecule has 158 valence electrons. The summed E-state index contributed by atoms with van der Waals surface area (Å²) in [6.07, 6.45) is 0.417. The number of aromatic nitrogens is 4. The largest absolute Gasteiger partial charge is 0.390 e. The summed E-state index contributed by atoms with van der Waals surface area (Å²) in [6, 6.07) is 3.33. The van der Waals surface area contributed by atoms with Crippen molar-refractivity contribution in [3.05, 3.63) is 47.4 Å². The highest BCUT2D eigenvalue weighted by Crippen LogP contribution is 2.28. The number of aliphatic hydroxyl groups is 2. The molecule has 30 heavy (non-hydrogen) atoms. The van der Waals surface area contributed by atoms with Gasteiger partial charge in [-0.15, -0.1) is 0 Å². The number of aromatic amines is 1. The van der Waals surface area contributed by atoms with Crippen molar-refractivity contribution in [2.75, 3.05) is 12.4 Å². The maximum atomic E-state index is 14.0.